The number of hydrazone groups is 1. The molecule has 0 aliphatic heterocycles. The van der Waals surface area contributed by atoms with Crippen molar-refractivity contribution in [3.63, 3.8) is 0 Å². The largest absolute Gasteiger partial charge is 0.477 e. The Bertz CT molecular complexity index is 215. The molecule has 0 aromatic heterocycles. The molecule has 0 heterocycles. The van der Waals surface area contributed by atoms with Crippen LogP contribution in [0.3, 0.4) is 0 Å². The van der Waals surface area contributed by atoms with Crippen LogP contribution < -0.4 is 5.43 Å². The van der Waals surface area contributed by atoms with Crippen LogP contribution in [0.4, 0.5) is 0 Å². The molecule has 0 bridgehead atoms. The molecular weight excluding hydrogens is 204 g/mol. The summed E-state index contributed by atoms with van der Waals surface area (Å²) in [4.78, 5) is 10.4. The quantitative estimate of drug-likeness (QED) is 0.343. The Hall–Kier alpha value is -1.06. The Kier molecular flexibility index (Phi) is 9.76. The van der Waals surface area contributed by atoms with Crippen molar-refractivity contribution in [1.29, 1.82) is 0 Å². The summed E-state index contributed by atoms with van der Waals surface area (Å²) in [6, 6.07) is 0. The second-order valence-corrected chi connectivity index (χ2v) is 4.03. The molecule has 94 valence electrons. The van der Waals surface area contributed by atoms with Gasteiger partial charge in [0, 0.05) is 6.54 Å². The first-order valence-electron chi connectivity index (χ1n) is 6.19. The number of carbonyl (C=O) groups is 1. The molecule has 0 aromatic carbocycles. The highest BCUT2D eigenvalue weighted by Gasteiger charge is 1.99. The molecule has 0 unspecified atom stereocenters. The lowest BCUT2D eigenvalue weighted by Crippen LogP contribution is -2.16. The minimum absolute atomic E-state index is 0.114. The fourth-order valence-corrected chi connectivity index (χ4v) is 1.38. The van der Waals surface area contributed by atoms with Gasteiger partial charge in [-0.2, -0.15) is 5.10 Å². The van der Waals surface area contributed by atoms with Gasteiger partial charge in [-0.05, 0) is 13.3 Å². The second kappa shape index (κ2) is 10.5. The summed E-state index contributed by atoms with van der Waals surface area (Å²) >= 11 is 0. The van der Waals surface area contributed by atoms with Crippen LogP contribution in [0.15, 0.2) is 5.10 Å². The van der Waals surface area contributed by atoms with Gasteiger partial charge in [-0.15, -0.1) is 0 Å². The van der Waals surface area contributed by atoms with Crippen molar-refractivity contribution in [3.8, 4) is 0 Å². The van der Waals surface area contributed by atoms with Crippen molar-refractivity contribution in [2.75, 3.05) is 6.54 Å². The monoisotopic (exact) mass is 228 g/mol. The summed E-state index contributed by atoms with van der Waals surface area (Å²) < 4.78 is 0. The van der Waals surface area contributed by atoms with Crippen molar-refractivity contribution in [3.05, 3.63) is 0 Å². The molecule has 0 rings (SSSR count). The minimum Gasteiger partial charge on any atom is -0.477 e. The van der Waals surface area contributed by atoms with Crippen LogP contribution in [0.5, 0.6) is 0 Å². The number of rotatable bonds is 10. The number of unbranched alkanes of at least 4 members (excludes halogenated alkanes) is 6. The Balaban J connectivity index is 3.21. The van der Waals surface area contributed by atoms with Crippen molar-refractivity contribution in [2.24, 2.45) is 5.10 Å². The zero-order valence-corrected chi connectivity index (χ0v) is 10.5. The number of hydrogen-bond acceptors (Lipinski definition) is 3. The fraction of sp³-hybridized carbons (Fsp3) is 0.833. The fourth-order valence-electron chi connectivity index (χ4n) is 1.38. The lowest BCUT2D eigenvalue weighted by Gasteiger charge is -2.02. The number of nitrogens with one attached hydrogen (secondary N) is 1. The van der Waals surface area contributed by atoms with Crippen molar-refractivity contribution >= 4 is 11.7 Å². The maximum Gasteiger partial charge on any atom is 0.351 e. The van der Waals surface area contributed by atoms with Gasteiger partial charge in [-0.3, -0.25) is 0 Å². The third kappa shape index (κ3) is 9.49. The molecule has 16 heavy (non-hydrogen) atoms. The maximum absolute atomic E-state index is 10.4. The standard InChI is InChI=1S/C12H24N2O2/c1-3-4-5-6-7-8-9-10-13-14-11(2)12(15)16/h13H,3-10H2,1-2H3,(H,15,16)/b14-11+. The molecule has 0 aliphatic carbocycles. The van der Waals surface area contributed by atoms with E-state index in [-0.39, 0.29) is 5.71 Å². The van der Waals surface area contributed by atoms with Crippen molar-refractivity contribution < 1.29 is 9.90 Å². The highest BCUT2D eigenvalue weighted by atomic mass is 16.4. The summed E-state index contributed by atoms with van der Waals surface area (Å²) in [6.07, 6.45) is 8.78. The van der Waals surface area contributed by atoms with E-state index in [9.17, 15) is 4.79 Å². The number of carboxylic acid groups (broad SMARTS) is 1. The molecule has 0 spiro atoms. The van der Waals surface area contributed by atoms with E-state index in [1.54, 1.807) is 0 Å². The normalized spacial score (nSPS) is 11.5. The van der Waals surface area contributed by atoms with E-state index in [2.05, 4.69) is 17.5 Å². The van der Waals surface area contributed by atoms with Crippen molar-refractivity contribution in [2.45, 2.75) is 58.8 Å². The molecule has 0 saturated carbocycles. The molecular formula is C12H24N2O2. The molecule has 4 nitrogen and oxygen atoms in total. The van der Waals surface area contributed by atoms with Gasteiger partial charge in [-0.25, -0.2) is 4.79 Å². The second-order valence-electron chi connectivity index (χ2n) is 4.03. The van der Waals surface area contributed by atoms with E-state index < -0.39 is 5.97 Å². The molecule has 2 N–H and O–H groups in total. The highest BCUT2D eigenvalue weighted by Crippen LogP contribution is 2.06. The van der Waals surface area contributed by atoms with Gasteiger partial charge in [0.1, 0.15) is 5.71 Å². The van der Waals surface area contributed by atoms with E-state index in [0.29, 0.717) is 0 Å². The Morgan fingerprint density at radius 2 is 1.69 bits per heavy atom. The predicted octanol–water partition coefficient (Wildman–Crippen LogP) is 2.79. The average molecular weight is 228 g/mol. The summed E-state index contributed by atoms with van der Waals surface area (Å²) in [5, 5.41) is 12.3. The third-order valence-electron chi connectivity index (χ3n) is 2.45. The zero-order valence-electron chi connectivity index (χ0n) is 10.5. The predicted molar refractivity (Wildman–Crippen MR) is 66.7 cm³/mol. The minimum atomic E-state index is -0.966. The van der Waals surface area contributed by atoms with Gasteiger partial charge in [0.15, 0.2) is 0 Å². The number of aliphatic carboxylic acids is 1. The van der Waals surface area contributed by atoms with Crippen LogP contribution in [-0.2, 0) is 4.79 Å². The lowest BCUT2D eigenvalue weighted by molar-refractivity contribution is -0.129. The summed E-state index contributed by atoms with van der Waals surface area (Å²) in [6.45, 7) is 4.46. The SMILES string of the molecule is CCCCCCCCCN/N=C(\C)C(=O)O. The smallest absolute Gasteiger partial charge is 0.351 e. The van der Waals surface area contributed by atoms with Gasteiger partial charge in [-0.1, -0.05) is 45.4 Å². The summed E-state index contributed by atoms with van der Waals surface area (Å²) in [5.41, 5.74) is 2.89. The van der Waals surface area contributed by atoms with E-state index in [1.165, 1.54) is 45.4 Å². The molecule has 0 fully saturated rings. The van der Waals surface area contributed by atoms with Gasteiger partial charge in [0.05, 0.1) is 0 Å². The summed E-state index contributed by atoms with van der Waals surface area (Å²) in [5.74, 6) is -0.966. The highest BCUT2D eigenvalue weighted by molar-refractivity contribution is 6.34. The first kappa shape index (κ1) is 14.9. The Morgan fingerprint density at radius 1 is 1.12 bits per heavy atom. The van der Waals surface area contributed by atoms with Crippen LogP contribution in [0, 0.1) is 0 Å². The van der Waals surface area contributed by atoms with E-state index in [4.69, 9.17) is 5.11 Å². The molecule has 0 atom stereocenters. The maximum atomic E-state index is 10.4. The molecule has 0 radical (unpaired) electrons. The van der Waals surface area contributed by atoms with Gasteiger partial charge >= 0.3 is 5.97 Å². The Morgan fingerprint density at radius 3 is 2.25 bits per heavy atom. The zero-order chi connectivity index (χ0) is 12.2. The van der Waals surface area contributed by atoms with Crippen LogP contribution >= 0.6 is 0 Å². The first-order valence-corrected chi connectivity index (χ1v) is 6.19. The van der Waals surface area contributed by atoms with Gasteiger partial charge < -0.3 is 10.5 Å². The van der Waals surface area contributed by atoms with E-state index >= 15 is 0 Å². The molecule has 0 saturated heterocycles. The molecule has 0 aromatic rings. The van der Waals surface area contributed by atoms with Crippen molar-refractivity contribution in [1.82, 2.24) is 5.43 Å². The topological polar surface area (TPSA) is 61.7 Å². The lowest BCUT2D eigenvalue weighted by atomic mass is 10.1. The average Bonchev–Trinajstić information content (AvgIpc) is 2.26. The van der Waals surface area contributed by atoms with E-state index in [1.807, 2.05) is 0 Å². The molecule has 4 heteroatoms. The van der Waals surface area contributed by atoms with Crippen LogP contribution in [0.2, 0.25) is 0 Å². The molecule has 0 aliphatic rings. The van der Waals surface area contributed by atoms with Crippen LogP contribution in [-0.4, -0.2) is 23.3 Å². The molecule has 0 amide bonds. The van der Waals surface area contributed by atoms with Gasteiger partial charge in [0.2, 0.25) is 0 Å². The number of hydrogen-bond donors (Lipinski definition) is 2. The first-order chi connectivity index (χ1) is 7.68. The van der Waals surface area contributed by atoms with Gasteiger partial charge in [0.25, 0.3) is 0 Å². The van der Waals surface area contributed by atoms with E-state index in [0.717, 1.165) is 13.0 Å². The number of carboxylic acids is 1. The summed E-state index contributed by atoms with van der Waals surface area (Å²) in [7, 11) is 0. The van der Waals surface area contributed by atoms with Crippen LogP contribution in [0.25, 0.3) is 0 Å². The number of nitrogens with zero attached hydrogens (tertiary/aromatic N) is 1. The Labute approximate surface area is 98.1 Å². The third-order valence-corrected chi connectivity index (χ3v) is 2.45. The van der Waals surface area contributed by atoms with Crippen LogP contribution in [0.1, 0.15) is 58.8 Å².